The summed E-state index contributed by atoms with van der Waals surface area (Å²) in [6.45, 7) is 1.92. The minimum absolute atomic E-state index is 0.0783. The van der Waals surface area contributed by atoms with Crippen molar-refractivity contribution in [2.45, 2.75) is 24.3 Å². The number of amides is 3. The zero-order chi connectivity index (χ0) is 25.2. The molecule has 0 radical (unpaired) electrons. The van der Waals surface area contributed by atoms with E-state index < -0.39 is 33.6 Å². The van der Waals surface area contributed by atoms with Crippen LogP contribution in [-0.2, 0) is 14.6 Å². The van der Waals surface area contributed by atoms with Crippen LogP contribution in [0.25, 0.3) is 11.1 Å². The highest BCUT2D eigenvalue weighted by Crippen LogP contribution is 2.30. The van der Waals surface area contributed by atoms with Gasteiger partial charge >= 0.3 is 6.03 Å². The lowest BCUT2D eigenvalue weighted by Crippen LogP contribution is -2.43. The van der Waals surface area contributed by atoms with Gasteiger partial charge in [-0.05, 0) is 42.8 Å². The second-order valence-electron chi connectivity index (χ2n) is 8.14. The van der Waals surface area contributed by atoms with Crippen LogP contribution in [0.4, 0.5) is 20.6 Å². The van der Waals surface area contributed by atoms with Gasteiger partial charge in [-0.1, -0.05) is 42.0 Å². The number of sulfone groups is 1. The van der Waals surface area contributed by atoms with Crippen molar-refractivity contribution >= 4 is 39.4 Å². The number of aryl methyl sites for hydroxylation is 1. The Morgan fingerprint density at radius 2 is 1.74 bits per heavy atom. The van der Waals surface area contributed by atoms with Crippen molar-refractivity contribution in [2.24, 2.45) is 5.10 Å². The number of urea groups is 1. The molecule has 1 unspecified atom stereocenters. The normalized spacial score (nSPS) is 15.2. The molecule has 2 N–H and O–H groups in total. The van der Waals surface area contributed by atoms with Gasteiger partial charge in [0.1, 0.15) is 11.9 Å². The molecule has 0 bridgehead atoms. The highest BCUT2D eigenvalue weighted by atomic mass is 32.2. The van der Waals surface area contributed by atoms with E-state index in [1.165, 1.54) is 24.4 Å². The molecular formula is C25H23FN4O4S. The van der Waals surface area contributed by atoms with E-state index in [9.17, 15) is 22.4 Å². The summed E-state index contributed by atoms with van der Waals surface area (Å²) in [6, 6.07) is 15.9. The number of nitrogens with zero attached hydrogens (tertiary/aromatic N) is 2. The summed E-state index contributed by atoms with van der Waals surface area (Å²) in [7, 11) is -3.52. The molecule has 0 aliphatic carbocycles. The predicted octanol–water partition coefficient (Wildman–Crippen LogP) is 4.44. The number of rotatable bonds is 5. The van der Waals surface area contributed by atoms with E-state index in [0.717, 1.165) is 22.9 Å². The molecule has 3 aromatic rings. The van der Waals surface area contributed by atoms with E-state index in [-0.39, 0.29) is 17.0 Å². The first-order valence-electron chi connectivity index (χ1n) is 10.7. The maximum absolute atomic E-state index is 14.9. The van der Waals surface area contributed by atoms with Crippen molar-refractivity contribution in [3.8, 4) is 11.1 Å². The van der Waals surface area contributed by atoms with Crippen molar-refractivity contribution in [1.82, 2.24) is 5.01 Å². The molecule has 3 aromatic carbocycles. The Kier molecular flexibility index (Phi) is 6.65. The van der Waals surface area contributed by atoms with Crippen LogP contribution in [0.2, 0.25) is 0 Å². The second kappa shape index (κ2) is 9.67. The van der Waals surface area contributed by atoms with Gasteiger partial charge in [0.15, 0.2) is 9.84 Å². The molecule has 0 aromatic heterocycles. The number of hydrazone groups is 1. The number of anilines is 2. The van der Waals surface area contributed by atoms with Crippen LogP contribution < -0.4 is 10.6 Å². The zero-order valence-corrected chi connectivity index (χ0v) is 19.8. The van der Waals surface area contributed by atoms with E-state index >= 15 is 0 Å². The molecule has 0 saturated heterocycles. The van der Waals surface area contributed by atoms with Crippen LogP contribution in [0, 0.1) is 12.7 Å². The standard InChI is InChI=1S/C25H23FN4O4S/c1-16-7-10-18(11-8-16)28-25(32)30-22(13-14-27-30)24(31)29-21-12-9-17(15-20(21)26)19-5-3-4-6-23(19)35(2,33)34/h3-12,14-15,22H,13H2,1-2H3,(H,28,32)(H,29,31). The molecule has 180 valence electrons. The first-order valence-corrected chi connectivity index (χ1v) is 12.6. The Bertz CT molecular complexity index is 1420. The summed E-state index contributed by atoms with van der Waals surface area (Å²) >= 11 is 0. The van der Waals surface area contributed by atoms with E-state index in [2.05, 4.69) is 15.7 Å². The number of halogens is 1. The molecule has 1 heterocycles. The number of carbonyl (C=O) groups excluding carboxylic acids is 2. The summed E-state index contributed by atoms with van der Waals surface area (Å²) in [6.07, 6.45) is 2.70. The maximum atomic E-state index is 14.9. The number of carbonyl (C=O) groups is 2. The van der Waals surface area contributed by atoms with Gasteiger partial charge in [0.05, 0.1) is 10.6 Å². The SMILES string of the molecule is Cc1ccc(NC(=O)N2N=CCC2C(=O)Nc2ccc(-c3ccccc3S(C)(=O)=O)cc2F)cc1. The lowest BCUT2D eigenvalue weighted by Gasteiger charge is -2.22. The van der Waals surface area contributed by atoms with Crippen molar-refractivity contribution in [3.63, 3.8) is 0 Å². The first kappa shape index (κ1) is 24.1. The number of nitrogens with one attached hydrogen (secondary N) is 2. The molecule has 1 atom stereocenters. The van der Waals surface area contributed by atoms with Gasteiger partial charge in [-0.15, -0.1) is 0 Å². The van der Waals surface area contributed by atoms with Crippen LogP contribution in [-0.4, -0.2) is 43.9 Å². The fourth-order valence-corrected chi connectivity index (χ4v) is 4.58. The summed E-state index contributed by atoms with van der Waals surface area (Å²) in [5.41, 5.74) is 2.20. The van der Waals surface area contributed by atoms with Crippen molar-refractivity contribution < 1.29 is 22.4 Å². The molecular weight excluding hydrogens is 471 g/mol. The topological polar surface area (TPSA) is 108 Å². The van der Waals surface area contributed by atoms with Gasteiger partial charge in [-0.25, -0.2) is 22.6 Å². The highest BCUT2D eigenvalue weighted by molar-refractivity contribution is 7.90. The van der Waals surface area contributed by atoms with Gasteiger partial charge in [0, 0.05) is 30.1 Å². The van der Waals surface area contributed by atoms with Gasteiger partial charge in [-0.3, -0.25) is 4.79 Å². The van der Waals surface area contributed by atoms with Gasteiger partial charge in [0.25, 0.3) is 0 Å². The van der Waals surface area contributed by atoms with Crippen LogP contribution in [0.1, 0.15) is 12.0 Å². The second-order valence-corrected chi connectivity index (χ2v) is 10.1. The molecule has 1 aliphatic rings. The quantitative estimate of drug-likeness (QED) is 0.547. The van der Waals surface area contributed by atoms with Gasteiger partial charge in [-0.2, -0.15) is 5.10 Å². The van der Waals surface area contributed by atoms with E-state index in [1.54, 1.807) is 30.3 Å². The first-order chi connectivity index (χ1) is 16.6. The fourth-order valence-electron chi connectivity index (χ4n) is 3.67. The summed E-state index contributed by atoms with van der Waals surface area (Å²) in [5.74, 6) is -1.35. The molecule has 1 aliphatic heterocycles. The highest BCUT2D eigenvalue weighted by Gasteiger charge is 2.33. The molecule has 0 spiro atoms. The fraction of sp³-hybridized carbons (Fsp3) is 0.160. The third kappa shape index (κ3) is 5.38. The molecule has 35 heavy (non-hydrogen) atoms. The summed E-state index contributed by atoms with van der Waals surface area (Å²) < 4.78 is 39.1. The van der Waals surface area contributed by atoms with Crippen LogP contribution in [0.15, 0.2) is 76.7 Å². The molecule has 0 fully saturated rings. The van der Waals surface area contributed by atoms with Gasteiger partial charge in [0.2, 0.25) is 5.91 Å². The zero-order valence-electron chi connectivity index (χ0n) is 19.0. The van der Waals surface area contributed by atoms with Crippen LogP contribution in [0.3, 0.4) is 0 Å². The minimum Gasteiger partial charge on any atom is -0.322 e. The van der Waals surface area contributed by atoms with Crippen molar-refractivity contribution in [2.75, 3.05) is 16.9 Å². The Labute approximate surface area is 202 Å². The minimum atomic E-state index is -3.52. The molecule has 0 saturated carbocycles. The molecule has 8 nitrogen and oxygen atoms in total. The predicted molar refractivity (Wildman–Crippen MR) is 133 cm³/mol. The van der Waals surface area contributed by atoms with Crippen molar-refractivity contribution in [1.29, 1.82) is 0 Å². The molecule has 4 rings (SSSR count). The molecule has 3 amide bonds. The largest absolute Gasteiger partial charge is 0.343 e. The Morgan fingerprint density at radius 1 is 1.03 bits per heavy atom. The lowest BCUT2D eigenvalue weighted by atomic mass is 10.0. The number of hydrogen-bond donors (Lipinski definition) is 2. The van der Waals surface area contributed by atoms with E-state index in [1.807, 2.05) is 19.1 Å². The third-order valence-electron chi connectivity index (χ3n) is 5.47. The lowest BCUT2D eigenvalue weighted by molar-refractivity contribution is -0.119. The Balaban J connectivity index is 1.49. The van der Waals surface area contributed by atoms with Gasteiger partial charge < -0.3 is 10.6 Å². The Hall–Kier alpha value is -4.05. The summed E-state index contributed by atoms with van der Waals surface area (Å²) in [4.78, 5) is 25.6. The summed E-state index contributed by atoms with van der Waals surface area (Å²) in [5, 5.41) is 10.2. The average molecular weight is 495 g/mol. The van der Waals surface area contributed by atoms with Crippen molar-refractivity contribution in [3.05, 3.63) is 78.1 Å². The number of benzene rings is 3. The van der Waals surface area contributed by atoms with E-state index in [0.29, 0.717) is 16.8 Å². The average Bonchev–Trinajstić information content (AvgIpc) is 3.32. The number of hydrogen-bond acceptors (Lipinski definition) is 5. The van der Waals surface area contributed by atoms with E-state index in [4.69, 9.17) is 0 Å². The maximum Gasteiger partial charge on any atom is 0.343 e. The smallest absolute Gasteiger partial charge is 0.322 e. The molecule has 10 heteroatoms. The Morgan fingerprint density at radius 3 is 2.43 bits per heavy atom. The van der Waals surface area contributed by atoms with Crippen LogP contribution in [0.5, 0.6) is 0 Å². The van der Waals surface area contributed by atoms with Crippen LogP contribution >= 0.6 is 0 Å². The third-order valence-corrected chi connectivity index (χ3v) is 6.62. The monoisotopic (exact) mass is 494 g/mol.